The Morgan fingerprint density at radius 2 is 2.33 bits per heavy atom. The fourth-order valence-corrected chi connectivity index (χ4v) is 1.64. The zero-order valence-corrected chi connectivity index (χ0v) is 8.98. The van der Waals surface area contributed by atoms with E-state index in [4.69, 9.17) is 0 Å². The van der Waals surface area contributed by atoms with Gasteiger partial charge in [-0.3, -0.25) is 5.43 Å². The van der Waals surface area contributed by atoms with E-state index in [1.165, 1.54) is 12.8 Å². The number of hydrazone groups is 1. The first-order chi connectivity index (χ1) is 7.36. The summed E-state index contributed by atoms with van der Waals surface area (Å²) < 4.78 is 0. The van der Waals surface area contributed by atoms with Crippen molar-refractivity contribution < 1.29 is 0 Å². The highest BCUT2D eigenvalue weighted by molar-refractivity contribution is 5.83. The van der Waals surface area contributed by atoms with Gasteiger partial charge in [0.05, 0.1) is 0 Å². The molecule has 1 fully saturated rings. The van der Waals surface area contributed by atoms with Crippen LogP contribution >= 0.6 is 0 Å². The van der Waals surface area contributed by atoms with Crippen LogP contribution in [0.4, 0.5) is 5.82 Å². The van der Waals surface area contributed by atoms with Crippen LogP contribution in [0.3, 0.4) is 0 Å². The van der Waals surface area contributed by atoms with Gasteiger partial charge in [0.15, 0.2) is 0 Å². The minimum atomic E-state index is 0.795. The van der Waals surface area contributed by atoms with Crippen LogP contribution < -0.4 is 5.43 Å². The average Bonchev–Trinajstić information content (AvgIpc) is 2.29. The average molecular weight is 204 g/mol. The standard InChI is InChI=1S/C11H16N4/c1-15-9-5-3-7-11(15)14-13-10-6-2-4-8-12-10/h2,4,6,8H,3,5,7,9H2,1H3,(H,12,13)/b14-11-. The normalized spacial score (nSPS) is 19.3. The molecule has 1 aliphatic heterocycles. The number of piperidine rings is 1. The number of pyridine rings is 1. The molecule has 0 unspecified atom stereocenters. The van der Waals surface area contributed by atoms with Crippen molar-refractivity contribution >= 4 is 11.7 Å². The second-order valence-corrected chi connectivity index (χ2v) is 3.73. The van der Waals surface area contributed by atoms with Gasteiger partial charge in [0.1, 0.15) is 11.7 Å². The minimum absolute atomic E-state index is 0.795. The third-order valence-electron chi connectivity index (χ3n) is 2.55. The molecular formula is C11H16N4. The van der Waals surface area contributed by atoms with Gasteiger partial charge in [0.2, 0.25) is 0 Å². The van der Waals surface area contributed by atoms with Gasteiger partial charge in [0.25, 0.3) is 0 Å². The van der Waals surface area contributed by atoms with E-state index in [9.17, 15) is 0 Å². The van der Waals surface area contributed by atoms with Crippen molar-refractivity contribution in [3.63, 3.8) is 0 Å². The van der Waals surface area contributed by atoms with Gasteiger partial charge in [-0.15, -0.1) is 0 Å². The largest absolute Gasteiger partial charge is 0.362 e. The van der Waals surface area contributed by atoms with Crippen molar-refractivity contribution in [2.75, 3.05) is 19.0 Å². The number of amidine groups is 1. The molecule has 2 heterocycles. The number of nitrogens with zero attached hydrogens (tertiary/aromatic N) is 3. The Balaban J connectivity index is 1.98. The molecule has 0 amide bonds. The predicted molar refractivity (Wildman–Crippen MR) is 61.8 cm³/mol. The van der Waals surface area contributed by atoms with Crippen molar-refractivity contribution in [2.24, 2.45) is 5.10 Å². The highest BCUT2D eigenvalue weighted by Gasteiger charge is 2.11. The fourth-order valence-electron chi connectivity index (χ4n) is 1.64. The van der Waals surface area contributed by atoms with Gasteiger partial charge in [-0.2, -0.15) is 5.10 Å². The second kappa shape index (κ2) is 4.77. The zero-order chi connectivity index (χ0) is 10.5. The molecule has 4 heteroatoms. The summed E-state index contributed by atoms with van der Waals surface area (Å²) in [6.07, 6.45) is 5.30. The molecule has 2 rings (SSSR count). The zero-order valence-electron chi connectivity index (χ0n) is 8.98. The molecule has 80 valence electrons. The van der Waals surface area contributed by atoms with Gasteiger partial charge < -0.3 is 4.90 Å². The lowest BCUT2D eigenvalue weighted by molar-refractivity contribution is 0.433. The molecule has 1 aromatic heterocycles. The first-order valence-corrected chi connectivity index (χ1v) is 5.31. The van der Waals surface area contributed by atoms with Gasteiger partial charge in [-0.1, -0.05) is 6.07 Å². The molecule has 0 spiro atoms. The summed E-state index contributed by atoms with van der Waals surface area (Å²) in [6, 6.07) is 5.75. The maximum absolute atomic E-state index is 4.36. The summed E-state index contributed by atoms with van der Waals surface area (Å²) in [5.41, 5.74) is 2.98. The van der Waals surface area contributed by atoms with Crippen molar-refractivity contribution in [3.05, 3.63) is 24.4 Å². The van der Waals surface area contributed by atoms with Crippen LogP contribution in [-0.2, 0) is 0 Å². The van der Waals surface area contributed by atoms with Crippen LogP contribution in [0, 0.1) is 0 Å². The van der Waals surface area contributed by atoms with Gasteiger partial charge in [0, 0.05) is 26.2 Å². The molecule has 0 aliphatic carbocycles. The van der Waals surface area contributed by atoms with Crippen LogP contribution in [0.25, 0.3) is 0 Å². The van der Waals surface area contributed by atoms with Crippen LogP contribution in [0.1, 0.15) is 19.3 Å². The first kappa shape index (κ1) is 9.96. The third-order valence-corrected chi connectivity index (χ3v) is 2.55. The topological polar surface area (TPSA) is 40.5 Å². The predicted octanol–water partition coefficient (Wildman–Crippen LogP) is 1.92. The van der Waals surface area contributed by atoms with Crippen molar-refractivity contribution in [1.29, 1.82) is 0 Å². The van der Waals surface area contributed by atoms with E-state index < -0.39 is 0 Å². The van der Waals surface area contributed by atoms with Crippen molar-refractivity contribution in [1.82, 2.24) is 9.88 Å². The van der Waals surface area contributed by atoms with E-state index in [0.29, 0.717) is 0 Å². The van der Waals surface area contributed by atoms with E-state index in [2.05, 4.69) is 27.5 Å². The summed E-state index contributed by atoms with van der Waals surface area (Å²) in [6.45, 7) is 1.10. The molecule has 1 aromatic rings. The van der Waals surface area contributed by atoms with Crippen molar-refractivity contribution in [2.45, 2.75) is 19.3 Å². The first-order valence-electron chi connectivity index (χ1n) is 5.31. The lowest BCUT2D eigenvalue weighted by atomic mass is 10.1. The maximum atomic E-state index is 4.36. The summed E-state index contributed by atoms with van der Waals surface area (Å²) in [5.74, 6) is 1.91. The highest BCUT2D eigenvalue weighted by atomic mass is 15.4. The number of likely N-dealkylation sites (tertiary alicyclic amines) is 1. The summed E-state index contributed by atoms with van der Waals surface area (Å²) in [4.78, 5) is 6.35. The van der Waals surface area contributed by atoms with Crippen LogP contribution in [0.15, 0.2) is 29.5 Å². The quantitative estimate of drug-likeness (QED) is 0.748. The molecule has 0 bridgehead atoms. The molecule has 1 saturated heterocycles. The molecule has 15 heavy (non-hydrogen) atoms. The third kappa shape index (κ3) is 2.68. The van der Waals surface area contributed by atoms with Crippen LogP contribution in [0.2, 0.25) is 0 Å². The number of hydrogen-bond acceptors (Lipinski definition) is 3. The molecule has 0 atom stereocenters. The van der Waals surface area contributed by atoms with Gasteiger partial charge in [-0.25, -0.2) is 4.98 Å². The van der Waals surface area contributed by atoms with Crippen LogP contribution in [0.5, 0.6) is 0 Å². The maximum Gasteiger partial charge on any atom is 0.146 e. The summed E-state index contributed by atoms with van der Waals surface area (Å²) >= 11 is 0. The highest BCUT2D eigenvalue weighted by Crippen LogP contribution is 2.10. The van der Waals surface area contributed by atoms with E-state index in [0.717, 1.165) is 24.6 Å². The number of anilines is 1. The smallest absolute Gasteiger partial charge is 0.146 e. The Hall–Kier alpha value is -1.58. The Kier molecular flexibility index (Phi) is 3.17. The lowest BCUT2D eigenvalue weighted by Gasteiger charge is -2.25. The Bertz CT molecular complexity index is 334. The number of hydrogen-bond donors (Lipinski definition) is 1. The fraction of sp³-hybridized carbons (Fsp3) is 0.455. The Labute approximate surface area is 90.0 Å². The number of rotatable bonds is 2. The number of nitrogens with one attached hydrogen (secondary N) is 1. The summed E-state index contributed by atoms with van der Waals surface area (Å²) in [5, 5.41) is 4.36. The molecule has 1 N–H and O–H groups in total. The molecule has 4 nitrogen and oxygen atoms in total. The van der Waals surface area contributed by atoms with Crippen LogP contribution in [-0.4, -0.2) is 29.3 Å². The lowest BCUT2D eigenvalue weighted by Crippen LogP contribution is -2.32. The molecule has 0 aromatic carbocycles. The monoisotopic (exact) mass is 204 g/mol. The van der Waals surface area contributed by atoms with E-state index in [1.54, 1.807) is 6.20 Å². The molecule has 0 radical (unpaired) electrons. The SMILES string of the molecule is CN1CCCC/C1=N/Nc1ccccn1. The molecule has 0 saturated carbocycles. The van der Waals surface area contributed by atoms with Crippen molar-refractivity contribution in [3.8, 4) is 0 Å². The minimum Gasteiger partial charge on any atom is -0.362 e. The molecule has 1 aliphatic rings. The Morgan fingerprint density at radius 3 is 3.07 bits per heavy atom. The Morgan fingerprint density at radius 1 is 1.40 bits per heavy atom. The molecular weight excluding hydrogens is 188 g/mol. The van der Waals surface area contributed by atoms with E-state index in [-0.39, 0.29) is 0 Å². The van der Waals surface area contributed by atoms with E-state index >= 15 is 0 Å². The van der Waals surface area contributed by atoms with Gasteiger partial charge in [-0.05, 0) is 25.0 Å². The van der Waals surface area contributed by atoms with E-state index in [1.807, 2.05) is 18.2 Å². The van der Waals surface area contributed by atoms with Gasteiger partial charge >= 0.3 is 0 Å². The number of aromatic nitrogens is 1. The summed E-state index contributed by atoms with van der Waals surface area (Å²) in [7, 11) is 2.08. The second-order valence-electron chi connectivity index (χ2n) is 3.73.